The minimum atomic E-state index is -1.54. The maximum Gasteiger partial charge on any atom is 0.266 e. The van der Waals surface area contributed by atoms with Gasteiger partial charge >= 0.3 is 0 Å². The molecule has 0 aromatic heterocycles. The van der Waals surface area contributed by atoms with Crippen LogP contribution < -0.4 is 0 Å². The smallest absolute Gasteiger partial charge is 0.266 e. The Labute approximate surface area is 147 Å². The minimum absolute atomic E-state index is 0.0634. The van der Waals surface area contributed by atoms with Gasteiger partial charge in [-0.25, -0.2) is 0 Å². The van der Waals surface area contributed by atoms with Crippen molar-refractivity contribution in [3.05, 3.63) is 24.3 Å². The van der Waals surface area contributed by atoms with E-state index in [1.165, 1.54) is 6.42 Å². The molecule has 0 spiro atoms. The van der Waals surface area contributed by atoms with E-state index in [2.05, 4.69) is 32.9 Å². The van der Waals surface area contributed by atoms with Crippen LogP contribution in [-0.4, -0.2) is 5.78 Å². The SMILES string of the molecule is CC(=O)C(C)CCC(C)/C=C/C1CCC(C=C(F)F)CC1.CCC. The molecular formula is C21H36F2O. The number of ketones is 1. The van der Waals surface area contributed by atoms with Gasteiger partial charge in [0.15, 0.2) is 0 Å². The first-order valence-corrected chi connectivity index (χ1v) is 9.51. The van der Waals surface area contributed by atoms with Crippen molar-refractivity contribution in [2.75, 3.05) is 0 Å². The second-order valence-corrected chi connectivity index (χ2v) is 7.29. The van der Waals surface area contributed by atoms with Crippen molar-refractivity contribution in [3.8, 4) is 0 Å². The lowest BCUT2D eigenvalue weighted by molar-refractivity contribution is -0.120. The molecule has 1 nitrogen and oxygen atoms in total. The van der Waals surface area contributed by atoms with Crippen molar-refractivity contribution >= 4 is 5.78 Å². The number of carbonyl (C=O) groups excluding carboxylic acids is 1. The molecule has 24 heavy (non-hydrogen) atoms. The van der Waals surface area contributed by atoms with Crippen LogP contribution in [0.1, 0.15) is 79.6 Å². The van der Waals surface area contributed by atoms with E-state index in [1.807, 2.05) is 6.92 Å². The van der Waals surface area contributed by atoms with E-state index < -0.39 is 6.08 Å². The topological polar surface area (TPSA) is 17.1 Å². The summed E-state index contributed by atoms with van der Waals surface area (Å²) < 4.78 is 24.4. The average molecular weight is 343 g/mol. The Bertz CT molecular complexity index is 389. The Morgan fingerprint density at radius 3 is 2.00 bits per heavy atom. The van der Waals surface area contributed by atoms with Crippen molar-refractivity contribution in [2.24, 2.45) is 23.7 Å². The van der Waals surface area contributed by atoms with Gasteiger partial charge in [-0.15, -0.1) is 0 Å². The summed E-state index contributed by atoms with van der Waals surface area (Å²) in [5, 5.41) is 0. The molecule has 1 fully saturated rings. The van der Waals surface area contributed by atoms with Crippen molar-refractivity contribution < 1.29 is 13.6 Å². The van der Waals surface area contributed by atoms with Crippen molar-refractivity contribution in [1.82, 2.24) is 0 Å². The third-order valence-electron chi connectivity index (χ3n) is 4.64. The Morgan fingerprint density at radius 2 is 1.54 bits per heavy atom. The molecule has 1 aliphatic carbocycles. The van der Waals surface area contributed by atoms with Gasteiger partial charge in [-0.3, -0.25) is 4.79 Å². The Balaban J connectivity index is 0.00000163. The van der Waals surface area contributed by atoms with E-state index in [4.69, 9.17) is 0 Å². The fraction of sp³-hybridized carbons (Fsp3) is 0.762. The number of hydrogen-bond acceptors (Lipinski definition) is 1. The maximum atomic E-state index is 12.2. The molecule has 0 aromatic carbocycles. The molecule has 2 atom stereocenters. The fourth-order valence-corrected chi connectivity index (χ4v) is 2.84. The summed E-state index contributed by atoms with van der Waals surface area (Å²) in [5.41, 5.74) is 0. The van der Waals surface area contributed by atoms with Crippen LogP contribution >= 0.6 is 0 Å². The van der Waals surface area contributed by atoms with Crippen molar-refractivity contribution in [2.45, 2.75) is 79.6 Å². The number of allylic oxidation sites excluding steroid dienone is 3. The molecular weight excluding hydrogens is 306 g/mol. The predicted octanol–water partition coefficient (Wildman–Crippen LogP) is 7.19. The number of halogens is 2. The maximum absolute atomic E-state index is 12.2. The molecule has 0 radical (unpaired) electrons. The van der Waals surface area contributed by atoms with Crippen LogP contribution in [-0.2, 0) is 4.79 Å². The third-order valence-corrected chi connectivity index (χ3v) is 4.64. The van der Waals surface area contributed by atoms with Gasteiger partial charge in [-0.1, -0.05) is 46.3 Å². The fourth-order valence-electron chi connectivity index (χ4n) is 2.84. The molecule has 2 unspecified atom stereocenters. The lowest BCUT2D eigenvalue weighted by Crippen LogP contribution is -2.12. The van der Waals surface area contributed by atoms with E-state index in [0.717, 1.165) is 44.6 Å². The molecule has 3 heteroatoms. The first kappa shape index (κ1) is 23.0. The van der Waals surface area contributed by atoms with Gasteiger partial charge in [0.1, 0.15) is 5.78 Å². The lowest BCUT2D eigenvalue weighted by atomic mass is 9.81. The van der Waals surface area contributed by atoms with E-state index in [-0.39, 0.29) is 17.6 Å². The lowest BCUT2D eigenvalue weighted by Gasteiger charge is -2.24. The molecule has 140 valence electrons. The van der Waals surface area contributed by atoms with E-state index in [9.17, 15) is 13.6 Å². The summed E-state index contributed by atoms with van der Waals surface area (Å²) in [5.74, 6) is 1.49. The zero-order valence-electron chi connectivity index (χ0n) is 16.2. The molecule has 0 N–H and O–H groups in total. The first-order valence-electron chi connectivity index (χ1n) is 9.51. The molecule has 0 saturated heterocycles. The average Bonchev–Trinajstić information content (AvgIpc) is 2.52. The largest absolute Gasteiger partial charge is 0.300 e. The van der Waals surface area contributed by atoms with Gasteiger partial charge in [0.05, 0.1) is 0 Å². The highest BCUT2D eigenvalue weighted by Crippen LogP contribution is 2.31. The Hall–Kier alpha value is -0.990. The summed E-state index contributed by atoms with van der Waals surface area (Å²) in [6, 6.07) is 0. The highest BCUT2D eigenvalue weighted by Gasteiger charge is 2.19. The minimum Gasteiger partial charge on any atom is -0.300 e. The van der Waals surface area contributed by atoms with Crippen LogP contribution in [0, 0.1) is 23.7 Å². The monoisotopic (exact) mass is 342 g/mol. The van der Waals surface area contributed by atoms with Gasteiger partial charge in [-0.2, -0.15) is 8.78 Å². The molecule has 1 saturated carbocycles. The summed E-state index contributed by atoms with van der Waals surface area (Å²) in [7, 11) is 0. The zero-order chi connectivity index (χ0) is 18.5. The van der Waals surface area contributed by atoms with Crippen LogP contribution in [0.15, 0.2) is 24.3 Å². The molecule has 1 aliphatic rings. The molecule has 1 rings (SSSR count). The van der Waals surface area contributed by atoms with Crippen LogP contribution in [0.5, 0.6) is 0 Å². The predicted molar refractivity (Wildman–Crippen MR) is 99.1 cm³/mol. The summed E-state index contributed by atoms with van der Waals surface area (Å²) in [4.78, 5) is 11.2. The number of carbonyl (C=O) groups is 1. The Kier molecular flexibility index (Phi) is 12.8. The summed E-state index contributed by atoms with van der Waals surface area (Å²) >= 11 is 0. The van der Waals surface area contributed by atoms with Crippen LogP contribution in [0.3, 0.4) is 0 Å². The quantitative estimate of drug-likeness (QED) is 0.447. The van der Waals surface area contributed by atoms with Gasteiger partial charge in [0.25, 0.3) is 6.08 Å². The molecule has 0 bridgehead atoms. The Morgan fingerprint density at radius 1 is 1.04 bits per heavy atom. The third kappa shape index (κ3) is 11.5. The van der Waals surface area contributed by atoms with Gasteiger partial charge in [-0.05, 0) is 69.3 Å². The van der Waals surface area contributed by atoms with Crippen molar-refractivity contribution in [3.63, 3.8) is 0 Å². The molecule has 0 aromatic rings. The van der Waals surface area contributed by atoms with Crippen LogP contribution in [0.2, 0.25) is 0 Å². The van der Waals surface area contributed by atoms with Gasteiger partial charge in [0, 0.05) is 5.92 Å². The number of hydrogen-bond donors (Lipinski definition) is 0. The van der Waals surface area contributed by atoms with Crippen LogP contribution in [0.4, 0.5) is 8.78 Å². The second kappa shape index (κ2) is 13.3. The van der Waals surface area contributed by atoms with Crippen molar-refractivity contribution in [1.29, 1.82) is 0 Å². The summed E-state index contributed by atoms with van der Waals surface area (Å²) in [6.07, 6.45) is 11.0. The van der Waals surface area contributed by atoms with Gasteiger partial charge < -0.3 is 0 Å². The van der Waals surface area contributed by atoms with Gasteiger partial charge in [0.2, 0.25) is 0 Å². The van der Waals surface area contributed by atoms with E-state index in [1.54, 1.807) is 6.92 Å². The van der Waals surface area contributed by atoms with Crippen LogP contribution in [0.25, 0.3) is 0 Å². The normalized spacial score (nSPS) is 23.1. The molecule has 0 aliphatic heterocycles. The second-order valence-electron chi connectivity index (χ2n) is 7.29. The number of Topliss-reactive ketones (excluding diaryl/α,β-unsaturated/α-hetero) is 1. The highest BCUT2D eigenvalue weighted by molar-refractivity contribution is 5.77. The standard InChI is InChI=1S/C18H28F2O.C3H8/c1-13(4-6-14(2)15(3)21)5-7-16-8-10-17(11-9-16)12-18(19)20;1-3-2/h5,7,12-14,16-17H,4,6,8-11H2,1-3H3;3H2,1-2H3/b7-5+;. The zero-order valence-corrected chi connectivity index (χ0v) is 16.2. The number of rotatable bonds is 7. The van der Waals surface area contributed by atoms with E-state index >= 15 is 0 Å². The molecule has 0 heterocycles. The highest BCUT2D eigenvalue weighted by atomic mass is 19.3. The molecule has 0 amide bonds. The summed E-state index contributed by atoms with van der Waals surface area (Å²) in [6.45, 7) is 10.1. The van der Waals surface area contributed by atoms with E-state index in [0.29, 0.717) is 11.8 Å². The first-order chi connectivity index (χ1) is 11.3.